The van der Waals surface area contributed by atoms with Crippen LogP contribution < -0.4 is 16.4 Å². The Kier molecular flexibility index (Phi) is 16.0. The van der Waals surface area contributed by atoms with Crippen LogP contribution in [0, 0.1) is 23.0 Å². The van der Waals surface area contributed by atoms with E-state index in [1.165, 1.54) is 17.1 Å². The first-order chi connectivity index (χ1) is 28.6. The number of aliphatic hydroxyl groups is 1. The fourth-order valence-corrected chi connectivity index (χ4v) is 7.02. The Morgan fingerprint density at radius 1 is 1.00 bits per heavy atom. The number of carboxylic acids is 1. The Hall–Kier alpha value is -6.02. The number of carbonyl (C=O) groups is 6. The van der Waals surface area contributed by atoms with Gasteiger partial charge in [0.05, 0.1) is 17.8 Å². The molecule has 1 fully saturated rings. The van der Waals surface area contributed by atoms with Crippen LogP contribution in [0.1, 0.15) is 63.9 Å². The summed E-state index contributed by atoms with van der Waals surface area (Å²) in [4.78, 5) is 79.1. The van der Waals surface area contributed by atoms with Crippen LogP contribution in [0.2, 0.25) is 0 Å². The normalized spacial score (nSPS) is 17.4. The number of aliphatic hydroxyl groups excluding tert-OH is 1. The Balaban J connectivity index is 0.00000107. The summed E-state index contributed by atoms with van der Waals surface area (Å²) in [6.45, 7) is 5.28. The van der Waals surface area contributed by atoms with Gasteiger partial charge in [0.15, 0.2) is 0 Å². The van der Waals surface area contributed by atoms with Gasteiger partial charge in [0.2, 0.25) is 17.7 Å². The molecule has 5 amide bonds. The molecule has 2 aliphatic rings. The summed E-state index contributed by atoms with van der Waals surface area (Å²) < 4.78 is 62.8. The number of hydrogen-bond acceptors (Lipinski definition) is 9. The SMILES string of the molecule is CC(C)(C)[C@H](c1nc(-c2cc(F)ccc2F)cn1Cc1ccccc1)N(CC[C@H](N)C(=O)N[C@@H]1CC[C@H](C(=O)NCCN2C(=O)C=CC2=O)C1)C(=O)CO.O=C(O)C(F)(F)F. The average molecular weight is 862 g/mol. The molecule has 1 saturated carbocycles. The molecule has 330 valence electrons. The van der Waals surface area contributed by atoms with Crippen molar-refractivity contribution in [2.45, 2.75) is 77.3 Å². The smallest absolute Gasteiger partial charge is 0.475 e. The number of alkyl halides is 3. The molecule has 15 nitrogen and oxygen atoms in total. The summed E-state index contributed by atoms with van der Waals surface area (Å²) in [6, 6.07) is 10.4. The fourth-order valence-electron chi connectivity index (χ4n) is 7.02. The minimum Gasteiger partial charge on any atom is -0.475 e. The number of aliphatic carboxylic acids is 1. The van der Waals surface area contributed by atoms with Crippen LogP contribution in [-0.4, -0.2) is 110 Å². The Morgan fingerprint density at radius 3 is 2.23 bits per heavy atom. The Bertz CT molecular complexity index is 2090. The second kappa shape index (κ2) is 20.5. The van der Waals surface area contributed by atoms with Crippen LogP contribution in [0.5, 0.6) is 0 Å². The quantitative estimate of drug-likeness (QED) is 0.111. The number of carbonyl (C=O) groups excluding carboxylic acids is 5. The second-order valence-corrected chi connectivity index (χ2v) is 15.6. The van der Waals surface area contributed by atoms with Crippen LogP contribution in [-0.2, 0) is 35.3 Å². The molecular formula is C41H48F5N7O8. The van der Waals surface area contributed by atoms with Gasteiger partial charge in [-0.1, -0.05) is 51.1 Å². The predicted molar refractivity (Wildman–Crippen MR) is 209 cm³/mol. The van der Waals surface area contributed by atoms with E-state index in [0.29, 0.717) is 31.6 Å². The van der Waals surface area contributed by atoms with Gasteiger partial charge in [0.1, 0.15) is 24.1 Å². The monoisotopic (exact) mass is 861 g/mol. The maximum atomic E-state index is 15.0. The number of benzene rings is 2. The van der Waals surface area contributed by atoms with E-state index in [2.05, 4.69) is 10.6 Å². The standard InChI is InChI=1S/C39H47F2N7O6.C2HF3O2/c1-39(2,3)35(36-45-31(28-20-26(40)10-12-29(28)41)22-46(36)21-24-7-5-4-6-8-24)48(34(52)23-49)17-15-30(42)38(54)44-27-11-9-25(19-27)37(53)43-16-18-47-32(50)13-14-33(47)51;3-2(4,5)1(6)7/h4-8,10,12-14,20,22,25,27,30,35,49H,9,11,15-19,21,23,42H2,1-3H3,(H,43,53)(H,44,54);(H,6,7)/t25-,27+,30-,35-;/m0./s1. The van der Waals surface area contributed by atoms with E-state index in [9.17, 15) is 46.6 Å². The number of nitrogens with one attached hydrogen (secondary N) is 2. The van der Waals surface area contributed by atoms with Gasteiger partial charge in [-0.2, -0.15) is 13.2 Å². The summed E-state index contributed by atoms with van der Waals surface area (Å²) in [5, 5.41) is 22.9. The predicted octanol–water partition coefficient (Wildman–Crippen LogP) is 3.46. The number of amides is 5. The summed E-state index contributed by atoms with van der Waals surface area (Å²) in [5.74, 6) is -6.23. The first-order valence-corrected chi connectivity index (χ1v) is 19.2. The summed E-state index contributed by atoms with van der Waals surface area (Å²) >= 11 is 0. The molecule has 0 radical (unpaired) electrons. The molecule has 2 aromatic carbocycles. The van der Waals surface area contributed by atoms with Gasteiger partial charge >= 0.3 is 12.1 Å². The van der Waals surface area contributed by atoms with Crippen LogP contribution in [0.4, 0.5) is 22.0 Å². The lowest BCUT2D eigenvalue weighted by Gasteiger charge is -2.40. The Labute approximate surface area is 347 Å². The zero-order valence-corrected chi connectivity index (χ0v) is 33.6. The maximum absolute atomic E-state index is 15.0. The highest BCUT2D eigenvalue weighted by Crippen LogP contribution is 2.39. The van der Waals surface area contributed by atoms with Crippen molar-refractivity contribution in [3.8, 4) is 11.3 Å². The first kappa shape index (κ1) is 47.7. The molecule has 1 aliphatic carbocycles. The number of nitrogens with two attached hydrogens (primary N) is 1. The van der Waals surface area contributed by atoms with Crippen LogP contribution in [0.15, 0.2) is 66.9 Å². The lowest BCUT2D eigenvalue weighted by atomic mass is 9.84. The van der Waals surface area contributed by atoms with E-state index in [1.54, 1.807) is 10.8 Å². The number of aromatic nitrogens is 2. The molecule has 3 aromatic rings. The minimum atomic E-state index is -5.08. The highest BCUT2D eigenvalue weighted by Gasteiger charge is 2.40. The topological polar surface area (TPSA) is 217 Å². The third-order valence-electron chi connectivity index (χ3n) is 9.98. The van der Waals surface area contributed by atoms with Crippen molar-refractivity contribution < 1.29 is 60.9 Å². The van der Waals surface area contributed by atoms with Gasteiger partial charge in [-0.05, 0) is 54.9 Å². The largest absolute Gasteiger partial charge is 0.490 e. The van der Waals surface area contributed by atoms with E-state index in [0.717, 1.165) is 28.7 Å². The zero-order valence-electron chi connectivity index (χ0n) is 33.6. The Morgan fingerprint density at radius 2 is 1.64 bits per heavy atom. The van der Waals surface area contributed by atoms with Crippen molar-refractivity contribution in [2.24, 2.45) is 17.1 Å². The number of imidazole rings is 1. The van der Waals surface area contributed by atoms with Crippen molar-refractivity contribution in [3.63, 3.8) is 0 Å². The number of rotatable bonds is 15. The summed E-state index contributed by atoms with van der Waals surface area (Å²) in [7, 11) is 0. The van der Waals surface area contributed by atoms with E-state index in [-0.39, 0.29) is 55.2 Å². The minimum absolute atomic E-state index is 0.0222. The lowest BCUT2D eigenvalue weighted by Crippen LogP contribution is -2.49. The van der Waals surface area contributed by atoms with E-state index >= 15 is 4.39 Å². The van der Waals surface area contributed by atoms with Crippen LogP contribution in [0.25, 0.3) is 11.3 Å². The molecule has 2 heterocycles. The number of halogens is 5. The van der Waals surface area contributed by atoms with Gasteiger partial charge in [-0.15, -0.1) is 0 Å². The van der Waals surface area contributed by atoms with E-state index < -0.39 is 71.5 Å². The fraction of sp³-hybridized carbons (Fsp3) is 0.439. The summed E-state index contributed by atoms with van der Waals surface area (Å²) in [5.41, 5.74) is 6.67. The van der Waals surface area contributed by atoms with Crippen molar-refractivity contribution in [3.05, 3.63) is 89.9 Å². The van der Waals surface area contributed by atoms with Crippen LogP contribution in [0.3, 0.4) is 0 Å². The lowest BCUT2D eigenvalue weighted by molar-refractivity contribution is -0.192. The van der Waals surface area contributed by atoms with Gasteiger partial charge < -0.3 is 36.0 Å². The molecule has 61 heavy (non-hydrogen) atoms. The van der Waals surface area contributed by atoms with Crippen LogP contribution >= 0.6 is 0 Å². The molecule has 6 N–H and O–H groups in total. The number of carboxylic acid groups (broad SMARTS) is 1. The molecule has 5 rings (SSSR count). The van der Waals surface area contributed by atoms with E-state index in [4.69, 9.17) is 20.6 Å². The first-order valence-electron chi connectivity index (χ1n) is 19.2. The number of nitrogens with zero attached hydrogens (tertiary/aromatic N) is 4. The highest BCUT2D eigenvalue weighted by atomic mass is 19.4. The molecule has 0 saturated heterocycles. The maximum Gasteiger partial charge on any atom is 0.490 e. The van der Waals surface area contributed by atoms with Gasteiger partial charge in [0, 0.05) is 62.1 Å². The number of imide groups is 1. The molecule has 1 aromatic heterocycles. The van der Waals surface area contributed by atoms with Gasteiger partial charge in [-0.3, -0.25) is 28.9 Å². The van der Waals surface area contributed by atoms with Gasteiger partial charge in [0.25, 0.3) is 11.8 Å². The van der Waals surface area contributed by atoms with Crippen molar-refractivity contribution >= 4 is 35.5 Å². The van der Waals surface area contributed by atoms with Gasteiger partial charge in [-0.25, -0.2) is 18.6 Å². The summed E-state index contributed by atoms with van der Waals surface area (Å²) in [6.07, 6.45) is 0.369. The molecule has 0 bridgehead atoms. The third-order valence-corrected chi connectivity index (χ3v) is 9.98. The van der Waals surface area contributed by atoms with E-state index in [1.807, 2.05) is 51.1 Å². The van der Waals surface area contributed by atoms with Crippen molar-refractivity contribution in [2.75, 3.05) is 26.2 Å². The third kappa shape index (κ3) is 13.0. The average Bonchev–Trinajstić information content (AvgIpc) is 3.92. The van der Waals surface area contributed by atoms with Crippen molar-refractivity contribution in [1.29, 1.82) is 0 Å². The molecule has 1 aliphatic heterocycles. The molecule has 20 heteroatoms. The molecule has 0 spiro atoms. The molecule has 0 unspecified atom stereocenters. The van der Waals surface area contributed by atoms with Crippen molar-refractivity contribution in [1.82, 2.24) is 30.0 Å². The highest BCUT2D eigenvalue weighted by molar-refractivity contribution is 6.12. The molecule has 4 atom stereocenters. The second-order valence-electron chi connectivity index (χ2n) is 15.6. The number of hydrogen-bond donors (Lipinski definition) is 5. The zero-order chi connectivity index (χ0) is 45.2. The molecular weight excluding hydrogens is 813 g/mol.